The highest BCUT2D eigenvalue weighted by molar-refractivity contribution is 5.77. The number of nitrogens with zero attached hydrogens (tertiary/aromatic N) is 3. The highest BCUT2D eigenvalue weighted by atomic mass is 16.6. The maximum Gasteiger partial charge on any atom is 0.269 e. The summed E-state index contributed by atoms with van der Waals surface area (Å²) in [5, 5.41) is 15.1. The van der Waals surface area contributed by atoms with Gasteiger partial charge in [0.15, 0.2) is 0 Å². The Bertz CT molecular complexity index is 617. The molecule has 6 heteroatoms. The third-order valence-electron chi connectivity index (χ3n) is 3.30. The second-order valence-corrected chi connectivity index (χ2v) is 4.74. The molecule has 0 fully saturated rings. The summed E-state index contributed by atoms with van der Waals surface area (Å²) < 4.78 is 1.65. The van der Waals surface area contributed by atoms with Gasteiger partial charge < -0.3 is 5.73 Å². The standard InChI is InChI=1S/C14H18N4O2/c1-3-4-5-12-13(14(15)17(2)16-12)10-6-8-11(9-7-10)18(19)20/h6-9H,3-5,15H2,1-2H3. The van der Waals surface area contributed by atoms with Crippen LogP contribution in [-0.4, -0.2) is 14.7 Å². The number of nitro benzene ring substituents is 1. The van der Waals surface area contributed by atoms with Crippen LogP contribution >= 0.6 is 0 Å². The fourth-order valence-electron chi connectivity index (χ4n) is 2.18. The normalized spacial score (nSPS) is 10.7. The van der Waals surface area contributed by atoms with E-state index >= 15 is 0 Å². The van der Waals surface area contributed by atoms with Crippen LogP contribution in [0.5, 0.6) is 0 Å². The van der Waals surface area contributed by atoms with E-state index in [-0.39, 0.29) is 5.69 Å². The number of anilines is 1. The molecular weight excluding hydrogens is 256 g/mol. The maximum absolute atomic E-state index is 10.7. The zero-order valence-electron chi connectivity index (χ0n) is 11.7. The molecule has 6 nitrogen and oxygen atoms in total. The third kappa shape index (κ3) is 2.64. The van der Waals surface area contributed by atoms with Gasteiger partial charge in [0.2, 0.25) is 0 Å². The zero-order chi connectivity index (χ0) is 14.7. The molecular formula is C14H18N4O2. The Morgan fingerprint density at radius 2 is 2.00 bits per heavy atom. The van der Waals surface area contributed by atoms with Crippen LogP contribution in [0, 0.1) is 10.1 Å². The van der Waals surface area contributed by atoms with Gasteiger partial charge in [-0.1, -0.05) is 13.3 Å². The Labute approximate surface area is 117 Å². The third-order valence-corrected chi connectivity index (χ3v) is 3.30. The molecule has 1 heterocycles. The lowest BCUT2D eigenvalue weighted by atomic mass is 10.0. The van der Waals surface area contributed by atoms with Crippen LogP contribution in [0.15, 0.2) is 24.3 Å². The van der Waals surface area contributed by atoms with Crippen molar-refractivity contribution in [2.24, 2.45) is 7.05 Å². The minimum absolute atomic E-state index is 0.0753. The van der Waals surface area contributed by atoms with Gasteiger partial charge in [0.1, 0.15) is 5.82 Å². The van der Waals surface area contributed by atoms with Crippen molar-refractivity contribution in [2.75, 3.05) is 5.73 Å². The van der Waals surface area contributed by atoms with Gasteiger partial charge in [-0.3, -0.25) is 14.8 Å². The number of rotatable bonds is 5. The smallest absolute Gasteiger partial charge is 0.269 e. The first-order valence-corrected chi connectivity index (χ1v) is 6.60. The van der Waals surface area contributed by atoms with Crippen molar-refractivity contribution in [3.63, 3.8) is 0 Å². The number of nitrogen functional groups attached to an aromatic ring is 1. The van der Waals surface area contributed by atoms with Crippen LogP contribution in [0.4, 0.5) is 11.5 Å². The summed E-state index contributed by atoms with van der Waals surface area (Å²) in [6.07, 6.45) is 2.97. The molecule has 1 aromatic heterocycles. The van der Waals surface area contributed by atoms with E-state index in [1.807, 2.05) is 0 Å². The van der Waals surface area contributed by atoms with Crippen molar-refractivity contribution >= 4 is 11.5 Å². The number of unbranched alkanes of at least 4 members (excludes halogenated alkanes) is 1. The molecule has 0 aliphatic carbocycles. The van der Waals surface area contributed by atoms with Gasteiger partial charge in [-0.15, -0.1) is 0 Å². The number of aromatic nitrogens is 2. The Hall–Kier alpha value is -2.37. The molecule has 2 aromatic rings. The predicted octanol–water partition coefficient (Wildman–Crippen LogP) is 2.92. The average Bonchev–Trinajstić information content (AvgIpc) is 2.72. The van der Waals surface area contributed by atoms with Gasteiger partial charge >= 0.3 is 0 Å². The first-order chi connectivity index (χ1) is 9.54. The molecule has 0 unspecified atom stereocenters. The molecule has 0 saturated carbocycles. The van der Waals surface area contributed by atoms with Crippen LogP contribution in [0.25, 0.3) is 11.1 Å². The fourth-order valence-corrected chi connectivity index (χ4v) is 2.18. The van der Waals surface area contributed by atoms with Crippen LogP contribution in [0.1, 0.15) is 25.5 Å². The van der Waals surface area contributed by atoms with Crippen LogP contribution < -0.4 is 5.73 Å². The first kappa shape index (κ1) is 14.0. The quantitative estimate of drug-likeness (QED) is 0.670. The lowest BCUT2D eigenvalue weighted by molar-refractivity contribution is -0.384. The molecule has 0 aliphatic rings. The van der Waals surface area contributed by atoms with Crippen molar-refractivity contribution in [3.8, 4) is 11.1 Å². The Morgan fingerprint density at radius 3 is 2.55 bits per heavy atom. The van der Waals surface area contributed by atoms with Gasteiger partial charge in [0.05, 0.1) is 10.6 Å². The van der Waals surface area contributed by atoms with Crippen LogP contribution in [-0.2, 0) is 13.5 Å². The van der Waals surface area contributed by atoms with E-state index in [1.54, 1.807) is 23.9 Å². The average molecular weight is 274 g/mol. The van der Waals surface area contributed by atoms with E-state index in [1.165, 1.54) is 12.1 Å². The van der Waals surface area contributed by atoms with Gasteiger partial charge in [0, 0.05) is 24.7 Å². The first-order valence-electron chi connectivity index (χ1n) is 6.60. The molecule has 1 aromatic carbocycles. The lowest BCUT2D eigenvalue weighted by Gasteiger charge is -2.04. The zero-order valence-corrected chi connectivity index (χ0v) is 11.7. The summed E-state index contributed by atoms with van der Waals surface area (Å²) in [6, 6.07) is 6.43. The fraction of sp³-hybridized carbons (Fsp3) is 0.357. The summed E-state index contributed by atoms with van der Waals surface area (Å²) in [5.41, 5.74) is 8.84. The number of nitro groups is 1. The van der Waals surface area contributed by atoms with Crippen LogP contribution in [0.2, 0.25) is 0 Å². The second kappa shape index (κ2) is 5.73. The molecule has 2 rings (SSSR count). The van der Waals surface area contributed by atoms with Crippen LogP contribution in [0.3, 0.4) is 0 Å². The summed E-state index contributed by atoms with van der Waals surface area (Å²) in [6.45, 7) is 2.12. The molecule has 0 radical (unpaired) electrons. The summed E-state index contributed by atoms with van der Waals surface area (Å²) in [5.74, 6) is 0.588. The van der Waals surface area contributed by atoms with E-state index in [0.717, 1.165) is 36.1 Å². The SMILES string of the molecule is CCCCc1nn(C)c(N)c1-c1ccc([N+](=O)[O-])cc1. The van der Waals surface area contributed by atoms with Crippen molar-refractivity contribution in [2.45, 2.75) is 26.2 Å². The summed E-state index contributed by atoms with van der Waals surface area (Å²) in [4.78, 5) is 10.3. The minimum Gasteiger partial charge on any atom is -0.383 e. The maximum atomic E-state index is 10.7. The number of hydrogen-bond donors (Lipinski definition) is 1. The highest BCUT2D eigenvalue weighted by Gasteiger charge is 2.16. The second-order valence-electron chi connectivity index (χ2n) is 4.74. The predicted molar refractivity (Wildman–Crippen MR) is 78.3 cm³/mol. The van der Waals surface area contributed by atoms with Crippen molar-refractivity contribution < 1.29 is 4.92 Å². The highest BCUT2D eigenvalue weighted by Crippen LogP contribution is 2.31. The van der Waals surface area contributed by atoms with Crippen molar-refractivity contribution in [1.82, 2.24) is 9.78 Å². The lowest BCUT2D eigenvalue weighted by Crippen LogP contribution is -1.98. The minimum atomic E-state index is -0.408. The Balaban J connectivity index is 2.42. The molecule has 2 N–H and O–H groups in total. The van der Waals surface area contributed by atoms with Gasteiger partial charge in [-0.05, 0) is 30.5 Å². The number of aryl methyl sites for hydroxylation is 2. The van der Waals surface area contributed by atoms with E-state index in [9.17, 15) is 10.1 Å². The number of non-ortho nitro benzene ring substituents is 1. The molecule has 0 bridgehead atoms. The molecule has 0 saturated heterocycles. The largest absolute Gasteiger partial charge is 0.383 e. The molecule has 0 spiro atoms. The van der Waals surface area contributed by atoms with E-state index in [4.69, 9.17) is 5.73 Å². The molecule has 0 amide bonds. The van der Waals surface area contributed by atoms with E-state index in [2.05, 4.69) is 12.0 Å². The van der Waals surface area contributed by atoms with Gasteiger partial charge in [0.25, 0.3) is 5.69 Å². The van der Waals surface area contributed by atoms with Gasteiger partial charge in [-0.2, -0.15) is 5.10 Å². The molecule has 0 atom stereocenters. The van der Waals surface area contributed by atoms with Crippen molar-refractivity contribution in [3.05, 3.63) is 40.1 Å². The van der Waals surface area contributed by atoms with Gasteiger partial charge in [-0.25, -0.2) is 0 Å². The monoisotopic (exact) mass is 274 g/mol. The van der Waals surface area contributed by atoms with E-state index in [0.29, 0.717) is 5.82 Å². The summed E-state index contributed by atoms with van der Waals surface area (Å²) in [7, 11) is 1.81. The number of nitrogens with two attached hydrogens (primary N) is 1. The molecule has 106 valence electrons. The molecule has 20 heavy (non-hydrogen) atoms. The van der Waals surface area contributed by atoms with E-state index < -0.39 is 4.92 Å². The number of benzene rings is 1. The summed E-state index contributed by atoms with van der Waals surface area (Å²) >= 11 is 0. The topological polar surface area (TPSA) is 87.0 Å². The Kier molecular flexibility index (Phi) is 4.02. The number of hydrogen-bond acceptors (Lipinski definition) is 4. The van der Waals surface area contributed by atoms with Crippen molar-refractivity contribution in [1.29, 1.82) is 0 Å². The Morgan fingerprint density at radius 1 is 1.35 bits per heavy atom. The molecule has 0 aliphatic heterocycles.